The van der Waals surface area contributed by atoms with Crippen LogP contribution in [0.2, 0.25) is 0 Å². The summed E-state index contributed by atoms with van der Waals surface area (Å²) in [4.78, 5) is 37.9. The Bertz CT molecular complexity index is 1080. The third kappa shape index (κ3) is 2.93. The average molecular weight is 419 g/mol. The van der Waals surface area contributed by atoms with E-state index in [9.17, 15) is 22.8 Å². The van der Waals surface area contributed by atoms with Gasteiger partial charge in [-0.15, -0.1) is 11.3 Å². The SMILES string of the molecule is CN1C(=O)c2ccc(NC(=O)[C@H]3CCCN3S(=O)(=O)c3cccs3)cc2C1=O. The first-order valence-corrected chi connectivity index (χ1v) is 11.0. The molecule has 10 heteroatoms. The van der Waals surface area contributed by atoms with Crippen molar-refractivity contribution in [1.29, 1.82) is 0 Å². The van der Waals surface area contributed by atoms with Gasteiger partial charge in [0.05, 0.1) is 11.1 Å². The number of hydrogen-bond acceptors (Lipinski definition) is 6. The first kappa shape index (κ1) is 18.8. The third-order valence-electron chi connectivity index (χ3n) is 4.92. The fraction of sp³-hybridized carbons (Fsp3) is 0.278. The number of nitrogens with one attached hydrogen (secondary N) is 1. The highest BCUT2D eigenvalue weighted by Gasteiger charge is 2.40. The summed E-state index contributed by atoms with van der Waals surface area (Å²) in [6, 6.07) is 6.83. The molecule has 0 unspecified atom stereocenters. The van der Waals surface area contributed by atoms with E-state index in [1.807, 2.05) is 0 Å². The number of imide groups is 1. The van der Waals surface area contributed by atoms with E-state index in [2.05, 4.69) is 5.32 Å². The van der Waals surface area contributed by atoms with Crippen LogP contribution in [0.3, 0.4) is 0 Å². The molecule has 1 fully saturated rings. The zero-order valence-electron chi connectivity index (χ0n) is 14.9. The van der Waals surface area contributed by atoms with Gasteiger partial charge >= 0.3 is 0 Å². The molecule has 1 aromatic heterocycles. The maximum absolute atomic E-state index is 12.8. The van der Waals surface area contributed by atoms with Crippen molar-refractivity contribution in [2.24, 2.45) is 0 Å². The number of fused-ring (bicyclic) bond motifs is 1. The Kier molecular flexibility index (Phi) is 4.56. The van der Waals surface area contributed by atoms with E-state index in [0.29, 0.717) is 18.5 Å². The second kappa shape index (κ2) is 6.80. The number of anilines is 1. The van der Waals surface area contributed by atoms with Gasteiger partial charge in [0.15, 0.2) is 0 Å². The number of carbonyl (C=O) groups excluding carboxylic acids is 3. The van der Waals surface area contributed by atoms with Crippen LogP contribution < -0.4 is 5.32 Å². The highest BCUT2D eigenvalue weighted by Crippen LogP contribution is 2.30. The molecule has 2 aliphatic heterocycles. The molecule has 0 aliphatic carbocycles. The molecule has 0 spiro atoms. The lowest BCUT2D eigenvalue weighted by atomic mass is 10.1. The molecule has 1 aromatic carbocycles. The van der Waals surface area contributed by atoms with Gasteiger partial charge < -0.3 is 5.32 Å². The van der Waals surface area contributed by atoms with Gasteiger partial charge in [0.2, 0.25) is 5.91 Å². The molecule has 1 saturated heterocycles. The average Bonchev–Trinajstić information content (AvgIpc) is 3.41. The minimum Gasteiger partial charge on any atom is -0.325 e. The first-order chi connectivity index (χ1) is 13.3. The van der Waals surface area contributed by atoms with E-state index in [4.69, 9.17) is 0 Å². The number of thiophene rings is 1. The lowest BCUT2D eigenvalue weighted by Crippen LogP contribution is -2.42. The quantitative estimate of drug-likeness (QED) is 0.761. The molecule has 1 N–H and O–H groups in total. The predicted molar refractivity (Wildman–Crippen MR) is 103 cm³/mol. The van der Waals surface area contributed by atoms with Gasteiger partial charge in [-0.05, 0) is 42.5 Å². The summed E-state index contributed by atoms with van der Waals surface area (Å²) in [6.45, 7) is 0.278. The normalized spacial score (nSPS) is 19.9. The van der Waals surface area contributed by atoms with Gasteiger partial charge in [-0.1, -0.05) is 6.07 Å². The lowest BCUT2D eigenvalue weighted by molar-refractivity contribution is -0.119. The van der Waals surface area contributed by atoms with Crippen LogP contribution in [0.4, 0.5) is 5.69 Å². The summed E-state index contributed by atoms with van der Waals surface area (Å²) >= 11 is 1.11. The molecular weight excluding hydrogens is 402 g/mol. The summed E-state index contributed by atoms with van der Waals surface area (Å²) in [6.07, 6.45) is 1.01. The predicted octanol–water partition coefficient (Wildman–Crippen LogP) is 1.77. The summed E-state index contributed by atoms with van der Waals surface area (Å²) in [5.41, 5.74) is 0.855. The van der Waals surface area contributed by atoms with Gasteiger partial charge in [0.25, 0.3) is 21.8 Å². The fourth-order valence-corrected chi connectivity index (χ4v) is 6.26. The summed E-state index contributed by atoms with van der Waals surface area (Å²) in [7, 11) is -2.33. The zero-order valence-corrected chi connectivity index (χ0v) is 16.5. The van der Waals surface area contributed by atoms with Gasteiger partial charge in [-0.2, -0.15) is 4.31 Å². The highest BCUT2D eigenvalue weighted by atomic mass is 32.2. The molecule has 2 aliphatic rings. The minimum absolute atomic E-state index is 0.205. The first-order valence-electron chi connectivity index (χ1n) is 8.63. The van der Waals surface area contributed by atoms with Crippen LogP contribution in [0, 0.1) is 0 Å². The van der Waals surface area contributed by atoms with Crippen molar-refractivity contribution in [2.75, 3.05) is 18.9 Å². The van der Waals surface area contributed by atoms with Gasteiger partial charge in [-0.3, -0.25) is 19.3 Å². The third-order valence-corrected chi connectivity index (χ3v) is 8.20. The molecule has 3 heterocycles. The van der Waals surface area contributed by atoms with Crippen LogP contribution in [0.15, 0.2) is 39.9 Å². The molecule has 0 bridgehead atoms. The topological polar surface area (TPSA) is 104 Å². The largest absolute Gasteiger partial charge is 0.325 e. The Morgan fingerprint density at radius 1 is 1.18 bits per heavy atom. The molecule has 146 valence electrons. The molecule has 2 aromatic rings. The van der Waals surface area contributed by atoms with Crippen molar-refractivity contribution in [1.82, 2.24) is 9.21 Å². The van der Waals surface area contributed by atoms with E-state index in [1.165, 1.54) is 35.6 Å². The monoisotopic (exact) mass is 419 g/mol. The molecule has 1 atom stereocenters. The smallest absolute Gasteiger partial charge is 0.261 e. The van der Waals surface area contributed by atoms with E-state index < -0.39 is 27.9 Å². The van der Waals surface area contributed by atoms with Crippen molar-refractivity contribution in [2.45, 2.75) is 23.1 Å². The van der Waals surface area contributed by atoms with E-state index in [0.717, 1.165) is 16.2 Å². The highest BCUT2D eigenvalue weighted by molar-refractivity contribution is 7.91. The van der Waals surface area contributed by atoms with Crippen LogP contribution in [-0.2, 0) is 14.8 Å². The summed E-state index contributed by atoms with van der Waals surface area (Å²) in [5, 5.41) is 4.37. The Morgan fingerprint density at radius 3 is 2.64 bits per heavy atom. The maximum atomic E-state index is 12.8. The molecular formula is C18H17N3O5S2. The second-order valence-electron chi connectivity index (χ2n) is 6.62. The zero-order chi connectivity index (χ0) is 20.1. The van der Waals surface area contributed by atoms with Crippen molar-refractivity contribution in [3.8, 4) is 0 Å². The lowest BCUT2D eigenvalue weighted by Gasteiger charge is -2.22. The van der Waals surface area contributed by atoms with Crippen molar-refractivity contribution >= 4 is 44.8 Å². The molecule has 0 saturated carbocycles. The van der Waals surface area contributed by atoms with Gasteiger partial charge in [0, 0.05) is 19.3 Å². The molecule has 4 rings (SSSR count). The molecule has 8 nitrogen and oxygen atoms in total. The fourth-order valence-electron chi connectivity index (χ4n) is 3.48. The Hall–Kier alpha value is -2.56. The van der Waals surface area contributed by atoms with Crippen LogP contribution in [0.25, 0.3) is 0 Å². The van der Waals surface area contributed by atoms with Crippen LogP contribution in [-0.4, -0.2) is 55.0 Å². The number of rotatable bonds is 4. The van der Waals surface area contributed by atoms with Crippen molar-refractivity contribution in [3.63, 3.8) is 0 Å². The van der Waals surface area contributed by atoms with Gasteiger partial charge in [0.1, 0.15) is 10.3 Å². The molecule has 3 amide bonds. The molecule has 0 radical (unpaired) electrons. The van der Waals surface area contributed by atoms with Crippen LogP contribution in [0.5, 0.6) is 0 Å². The summed E-state index contributed by atoms with van der Waals surface area (Å²) in [5.74, 6) is -1.27. The Labute approximate surface area is 165 Å². The number of amides is 3. The maximum Gasteiger partial charge on any atom is 0.261 e. The van der Waals surface area contributed by atoms with E-state index >= 15 is 0 Å². The number of hydrogen-bond donors (Lipinski definition) is 1. The van der Waals surface area contributed by atoms with Crippen molar-refractivity contribution < 1.29 is 22.8 Å². The molecule has 28 heavy (non-hydrogen) atoms. The number of sulfonamides is 1. The number of nitrogens with zero attached hydrogens (tertiary/aromatic N) is 2. The Balaban J connectivity index is 1.56. The Morgan fingerprint density at radius 2 is 1.93 bits per heavy atom. The van der Waals surface area contributed by atoms with Gasteiger partial charge in [-0.25, -0.2) is 8.42 Å². The van der Waals surface area contributed by atoms with Crippen LogP contribution >= 0.6 is 11.3 Å². The summed E-state index contributed by atoms with van der Waals surface area (Å²) < 4.78 is 27.0. The number of benzene rings is 1. The number of carbonyl (C=O) groups is 3. The second-order valence-corrected chi connectivity index (χ2v) is 9.69. The van der Waals surface area contributed by atoms with Crippen LogP contribution in [0.1, 0.15) is 33.6 Å². The standard InChI is InChI=1S/C18H17N3O5S2/c1-20-17(23)12-7-6-11(10-13(12)18(20)24)19-16(22)14-4-2-8-21(14)28(25,26)15-5-3-9-27-15/h3,5-7,9-10,14H,2,4,8H2,1H3,(H,19,22)/t14-/m1/s1. The van der Waals surface area contributed by atoms with E-state index in [1.54, 1.807) is 11.4 Å². The van der Waals surface area contributed by atoms with Crippen molar-refractivity contribution in [3.05, 3.63) is 46.8 Å². The van der Waals surface area contributed by atoms with E-state index in [-0.39, 0.29) is 27.8 Å². The minimum atomic E-state index is -3.73.